The van der Waals surface area contributed by atoms with E-state index in [1.165, 1.54) is 18.2 Å². The maximum absolute atomic E-state index is 12.9. The summed E-state index contributed by atoms with van der Waals surface area (Å²) in [5.41, 5.74) is 0.413. The zero-order chi connectivity index (χ0) is 11.0. The zero-order valence-corrected chi connectivity index (χ0v) is 9.25. The number of carbonyl (C=O) groups is 2. The van der Waals surface area contributed by atoms with E-state index < -0.39 is 5.82 Å². The minimum Gasteiger partial charge on any atom is -0.274 e. The third kappa shape index (κ3) is 1.79. The molecule has 0 aromatic heterocycles. The molecule has 78 valence electrons. The second kappa shape index (κ2) is 3.73. The van der Waals surface area contributed by atoms with E-state index in [4.69, 9.17) is 0 Å². The SMILES string of the molecule is O=C1CCC(=O)N1c1ccc(F)c(Br)c1. The van der Waals surface area contributed by atoms with Gasteiger partial charge in [-0.2, -0.15) is 0 Å². The zero-order valence-electron chi connectivity index (χ0n) is 7.67. The van der Waals surface area contributed by atoms with Crippen molar-refractivity contribution in [2.45, 2.75) is 12.8 Å². The lowest BCUT2D eigenvalue weighted by atomic mass is 10.3. The lowest BCUT2D eigenvalue weighted by Crippen LogP contribution is -2.28. The minimum absolute atomic E-state index is 0.230. The smallest absolute Gasteiger partial charge is 0.234 e. The van der Waals surface area contributed by atoms with Gasteiger partial charge in [-0.25, -0.2) is 4.39 Å². The average molecular weight is 272 g/mol. The van der Waals surface area contributed by atoms with Gasteiger partial charge >= 0.3 is 0 Å². The van der Waals surface area contributed by atoms with Crippen LogP contribution in [0, 0.1) is 5.82 Å². The molecule has 3 nitrogen and oxygen atoms in total. The van der Waals surface area contributed by atoms with Crippen molar-refractivity contribution in [2.75, 3.05) is 4.90 Å². The maximum Gasteiger partial charge on any atom is 0.234 e. The van der Waals surface area contributed by atoms with Gasteiger partial charge in [0.05, 0.1) is 10.2 Å². The summed E-state index contributed by atoms with van der Waals surface area (Å²) in [5, 5.41) is 0. The summed E-state index contributed by atoms with van der Waals surface area (Å²) >= 11 is 3.01. The Bertz CT molecular complexity index is 431. The summed E-state index contributed by atoms with van der Waals surface area (Å²) in [5.74, 6) is -0.894. The van der Waals surface area contributed by atoms with Crippen molar-refractivity contribution in [3.63, 3.8) is 0 Å². The molecular weight excluding hydrogens is 265 g/mol. The summed E-state index contributed by atoms with van der Waals surface area (Å²) in [4.78, 5) is 23.8. The molecule has 1 aromatic carbocycles. The van der Waals surface area contributed by atoms with Gasteiger partial charge in [-0.1, -0.05) is 0 Å². The van der Waals surface area contributed by atoms with Crippen LogP contribution in [0.5, 0.6) is 0 Å². The molecule has 1 saturated heterocycles. The predicted octanol–water partition coefficient (Wildman–Crippen LogP) is 2.24. The number of halogens is 2. The second-order valence-electron chi connectivity index (χ2n) is 3.22. The van der Waals surface area contributed by atoms with Gasteiger partial charge in [0.1, 0.15) is 5.82 Å². The Hall–Kier alpha value is -1.23. The van der Waals surface area contributed by atoms with Gasteiger partial charge in [0.25, 0.3) is 0 Å². The number of hydrogen-bond acceptors (Lipinski definition) is 2. The molecule has 0 N–H and O–H groups in total. The summed E-state index contributed by atoms with van der Waals surface area (Å²) in [6.45, 7) is 0. The molecule has 15 heavy (non-hydrogen) atoms. The van der Waals surface area contributed by atoms with E-state index in [2.05, 4.69) is 15.9 Å². The highest BCUT2D eigenvalue weighted by Gasteiger charge is 2.30. The lowest BCUT2D eigenvalue weighted by molar-refractivity contribution is -0.121. The van der Waals surface area contributed by atoms with Gasteiger partial charge in [-0.3, -0.25) is 14.5 Å². The van der Waals surface area contributed by atoms with Gasteiger partial charge < -0.3 is 0 Å². The average Bonchev–Trinajstić information content (AvgIpc) is 2.52. The van der Waals surface area contributed by atoms with Crippen LogP contribution in [0.25, 0.3) is 0 Å². The highest BCUT2D eigenvalue weighted by atomic mass is 79.9. The molecule has 0 spiro atoms. The predicted molar refractivity (Wildman–Crippen MR) is 55.8 cm³/mol. The van der Waals surface area contributed by atoms with Crippen molar-refractivity contribution in [1.29, 1.82) is 0 Å². The van der Waals surface area contributed by atoms with Gasteiger partial charge in [-0.15, -0.1) is 0 Å². The summed E-state index contributed by atoms with van der Waals surface area (Å²) in [6, 6.07) is 4.07. The van der Waals surface area contributed by atoms with Crippen LogP contribution in [-0.2, 0) is 9.59 Å². The lowest BCUT2D eigenvalue weighted by Gasteiger charge is -2.13. The number of carbonyl (C=O) groups excluding carboxylic acids is 2. The van der Waals surface area contributed by atoms with E-state index >= 15 is 0 Å². The standard InChI is InChI=1S/C10H7BrFNO2/c11-7-5-6(1-2-8(7)12)13-9(14)3-4-10(13)15/h1-2,5H,3-4H2. The number of benzene rings is 1. The molecule has 0 atom stereocenters. The van der Waals surface area contributed by atoms with Crippen LogP contribution in [0.15, 0.2) is 22.7 Å². The molecule has 5 heteroatoms. The van der Waals surface area contributed by atoms with Gasteiger partial charge in [0, 0.05) is 12.8 Å². The van der Waals surface area contributed by atoms with Gasteiger partial charge in [0.2, 0.25) is 11.8 Å². The van der Waals surface area contributed by atoms with Crippen molar-refractivity contribution < 1.29 is 14.0 Å². The molecular formula is C10H7BrFNO2. The Balaban J connectivity index is 2.41. The Morgan fingerprint density at radius 1 is 1.20 bits per heavy atom. The largest absolute Gasteiger partial charge is 0.274 e. The van der Waals surface area contributed by atoms with Crippen LogP contribution < -0.4 is 4.90 Å². The first-order valence-electron chi connectivity index (χ1n) is 4.40. The topological polar surface area (TPSA) is 37.4 Å². The normalized spacial score (nSPS) is 16.3. The Morgan fingerprint density at radius 2 is 1.80 bits per heavy atom. The fourth-order valence-corrected chi connectivity index (χ4v) is 1.86. The Morgan fingerprint density at radius 3 is 2.33 bits per heavy atom. The van der Waals surface area contributed by atoms with Crippen molar-refractivity contribution in [2.24, 2.45) is 0 Å². The van der Waals surface area contributed by atoms with Crippen molar-refractivity contribution in [3.8, 4) is 0 Å². The summed E-state index contributed by atoms with van der Waals surface area (Å²) in [7, 11) is 0. The van der Waals surface area contributed by atoms with Crippen molar-refractivity contribution in [3.05, 3.63) is 28.5 Å². The van der Waals surface area contributed by atoms with Crippen molar-refractivity contribution >= 4 is 33.4 Å². The molecule has 1 aromatic rings. The number of hydrogen-bond donors (Lipinski definition) is 0. The summed E-state index contributed by atoms with van der Waals surface area (Å²) < 4.78 is 13.2. The highest BCUT2D eigenvalue weighted by Crippen LogP contribution is 2.26. The first-order valence-corrected chi connectivity index (χ1v) is 5.20. The van der Waals surface area contributed by atoms with E-state index in [0.717, 1.165) is 4.90 Å². The fraction of sp³-hybridized carbons (Fsp3) is 0.200. The molecule has 0 saturated carbocycles. The van der Waals surface area contributed by atoms with Crippen LogP contribution in [0.1, 0.15) is 12.8 Å². The molecule has 2 amide bonds. The van der Waals surface area contributed by atoms with Gasteiger partial charge in [0.15, 0.2) is 0 Å². The van der Waals surface area contributed by atoms with Crippen LogP contribution in [-0.4, -0.2) is 11.8 Å². The molecule has 1 aliphatic rings. The number of amides is 2. The van der Waals surface area contributed by atoms with E-state index in [1.54, 1.807) is 0 Å². The number of anilines is 1. The number of rotatable bonds is 1. The molecule has 1 aliphatic heterocycles. The highest BCUT2D eigenvalue weighted by molar-refractivity contribution is 9.10. The van der Waals surface area contributed by atoms with E-state index in [-0.39, 0.29) is 29.1 Å². The Kier molecular flexibility index (Phi) is 2.56. The van der Waals surface area contributed by atoms with Crippen LogP contribution in [0.4, 0.5) is 10.1 Å². The molecule has 1 heterocycles. The third-order valence-corrected chi connectivity index (χ3v) is 2.82. The quantitative estimate of drug-likeness (QED) is 0.735. The Labute approximate surface area is 94.0 Å². The second-order valence-corrected chi connectivity index (χ2v) is 4.08. The first-order chi connectivity index (χ1) is 7.09. The van der Waals surface area contributed by atoms with Crippen LogP contribution in [0.3, 0.4) is 0 Å². The number of imide groups is 1. The maximum atomic E-state index is 12.9. The molecule has 0 aliphatic carbocycles. The molecule has 0 radical (unpaired) electrons. The van der Waals surface area contributed by atoms with E-state index in [0.29, 0.717) is 5.69 Å². The fourth-order valence-electron chi connectivity index (χ4n) is 1.49. The van der Waals surface area contributed by atoms with E-state index in [1.807, 2.05) is 0 Å². The molecule has 1 fully saturated rings. The minimum atomic E-state index is -0.419. The van der Waals surface area contributed by atoms with Crippen molar-refractivity contribution in [1.82, 2.24) is 0 Å². The van der Waals surface area contributed by atoms with Crippen LogP contribution in [0.2, 0.25) is 0 Å². The van der Waals surface area contributed by atoms with E-state index in [9.17, 15) is 14.0 Å². The molecule has 2 rings (SSSR count). The molecule has 0 unspecified atom stereocenters. The monoisotopic (exact) mass is 271 g/mol. The first kappa shape index (κ1) is 10.3. The number of nitrogens with zero attached hydrogens (tertiary/aromatic N) is 1. The molecule has 0 bridgehead atoms. The summed E-state index contributed by atoms with van der Waals surface area (Å²) in [6.07, 6.45) is 0.460. The third-order valence-electron chi connectivity index (χ3n) is 2.21. The van der Waals surface area contributed by atoms with Gasteiger partial charge in [-0.05, 0) is 34.1 Å². The van der Waals surface area contributed by atoms with Crippen LogP contribution >= 0.6 is 15.9 Å².